The summed E-state index contributed by atoms with van der Waals surface area (Å²) in [6.45, 7) is 0. The van der Waals surface area contributed by atoms with Gasteiger partial charge in [-0.05, 0) is 6.26 Å². The first-order chi connectivity index (χ1) is 6.24. The normalized spacial score (nSPS) is 11.8. The molecule has 0 radical (unpaired) electrons. The van der Waals surface area contributed by atoms with Gasteiger partial charge in [-0.2, -0.15) is 9.88 Å². The molecule has 6 nitrogen and oxygen atoms in total. The third-order valence-corrected chi connectivity index (χ3v) is 1.41. The van der Waals surface area contributed by atoms with E-state index < -0.39 is 6.09 Å². The Kier molecular flexibility index (Phi) is 6.93. The van der Waals surface area contributed by atoms with Crippen LogP contribution in [0.25, 0.3) is 0 Å². The van der Waals surface area contributed by atoms with E-state index in [0.29, 0.717) is 0 Å². The van der Waals surface area contributed by atoms with E-state index in [0.717, 1.165) is 6.40 Å². The quantitative estimate of drug-likeness (QED) is 0.292. The number of amides is 1. The highest BCUT2D eigenvalue weighted by Gasteiger charge is 1.99. The van der Waals surface area contributed by atoms with Gasteiger partial charge in [0.15, 0.2) is 5.17 Å². The second kappa shape index (κ2) is 7.56. The smallest absolute Gasteiger partial charge is 0.435 e. The van der Waals surface area contributed by atoms with Gasteiger partial charge in [0.1, 0.15) is 0 Å². The topological polar surface area (TPSA) is 69.5 Å². The van der Waals surface area contributed by atoms with Crippen LogP contribution >= 0.6 is 11.8 Å². The second-order valence-electron chi connectivity index (χ2n) is 1.57. The SMILES string of the molecule is COOC=NC(=NC(=O)OC)SC. The van der Waals surface area contributed by atoms with Crippen molar-refractivity contribution in [3.05, 3.63) is 0 Å². The molecule has 0 heterocycles. The Hall–Kier alpha value is -1.08. The number of carbonyl (C=O) groups excluding carboxylic acids is 1. The van der Waals surface area contributed by atoms with E-state index in [1.165, 1.54) is 26.0 Å². The van der Waals surface area contributed by atoms with Crippen LogP contribution in [0.3, 0.4) is 0 Å². The number of carbonyl (C=O) groups is 1. The van der Waals surface area contributed by atoms with Gasteiger partial charge in [-0.25, -0.2) is 4.79 Å². The van der Waals surface area contributed by atoms with E-state index in [-0.39, 0.29) is 5.17 Å². The van der Waals surface area contributed by atoms with Crippen molar-refractivity contribution in [3.8, 4) is 0 Å². The van der Waals surface area contributed by atoms with Crippen molar-refractivity contribution >= 4 is 29.4 Å². The predicted octanol–water partition coefficient (Wildman–Crippen LogP) is 1.08. The monoisotopic (exact) mass is 206 g/mol. The maximum atomic E-state index is 10.6. The molecule has 0 N–H and O–H groups in total. The second-order valence-corrected chi connectivity index (χ2v) is 2.34. The Morgan fingerprint density at radius 2 is 2.15 bits per heavy atom. The molecule has 0 saturated carbocycles. The van der Waals surface area contributed by atoms with Crippen molar-refractivity contribution in [1.29, 1.82) is 0 Å². The Morgan fingerprint density at radius 3 is 2.62 bits per heavy atom. The van der Waals surface area contributed by atoms with Gasteiger partial charge in [0.2, 0.25) is 6.40 Å². The van der Waals surface area contributed by atoms with E-state index in [4.69, 9.17) is 0 Å². The van der Waals surface area contributed by atoms with Crippen molar-refractivity contribution in [2.45, 2.75) is 0 Å². The van der Waals surface area contributed by atoms with Crippen LogP contribution in [0.2, 0.25) is 0 Å². The molecule has 0 fully saturated rings. The number of nitrogens with zero attached hydrogens (tertiary/aromatic N) is 2. The Balaban J connectivity index is 4.16. The van der Waals surface area contributed by atoms with Gasteiger partial charge in [0.25, 0.3) is 0 Å². The molecule has 13 heavy (non-hydrogen) atoms. The summed E-state index contributed by atoms with van der Waals surface area (Å²) in [6, 6.07) is 0. The highest BCUT2D eigenvalue weighted by Crippen LogP contribution is 2.00. The Labute approximate surface area is 79.9 Å². The third-order valence-electron chi connectivity index (χ3n) is 0.847. The summed E-state index contributed by atoms with van der Waals surface area (Å²) in [7, 11) is 2.57. The number of hydrogen-bond donors (Lipinski definition) is 0. The summed E-state index contributed by atoms with van der Waals surface area (Å²) in [6.07, 6.45) is 2.03. The van der Waals surface area contributed by atoms with E-state index in [9.17, 15) is 4.79 Å². The molecule has 0 spiro atoms. The van der Waals surface area contributed by atoms with Gasteiger partial charge in [-0.3, -0.25) is 0 Å². The molecular weight excluding hydrogens is 196 g/mol. The summed E-state index contributed by atoms with van der Waals surface area (Å²) < 4.78 is 4.30. The fourth-order valence-electron chi connectivity index (χ4n) is 0.361. The fraction of sp³-hybridized carbons (Fsp3) is 0.500. The zero-order valence-electron chi connectivity index (χ0n) is 7.51. The van der Waals surface area contributed by atoms with Crippen LogP contribution in [0, 0.1) is 0 Å². The summed E-state index contributed by atoms with van der Waals surface area (Å²) in [5.41, 5.74) is 0. The molecule has 74 valence electrons. The molecule has 0 aliphatic rings. The molecule has 0 atom stereocenters. The van der Waals surface area contributed by atoms with Gasteiger partial charge in [0, 0.05) is 0 Å². The minimum atomic E-state index is -0.709. The van der Waals surface area contributed by atoms with Gasteiger partial charge < -0.3 is 9.62 Å². The van der Waals surface area contributed by atoms with Crippen molar-refractivity contribution in [3.63, 3.8) is 0 Å². The molecule has 0 aromatic rings. The average molecular weight is 206 g/mol. The minimum Gasteiger partial charge on any atom is -0.451 e. The van der Waals surface area contributed by atoms with Crippen LogP contribution in [-0.4, -0.2) is 38.1 Å². The van der Waals surface area contributed by atoms with Crippen molar-refractivity contribution in [2.75, 3.05) is 20.5 Å². The van der Waals surface area contributed by atoms with Crippen LogP contribution in [0.4, 0.5) is 4.79 Å². The van der Waals surface area contributed by atoms with Crippen molar-refractivity contribution < 1.29 is 19.3 Å². The molecule has 0 aromatic heterocycles. The standard InChI is InChI=1S/C6H10N2O4S/c1-10-6(9)8-5(13-3)7-4-12-11-2/h4H,1-3H3. The van der Waals surface area contributed by atoms with Crippen molar-refractivity contribution in [1.82, 2.24) is 0 Å². The summed E-state index contributed by atoms with van der Waals surface area (Å²) in [5.74, 6) is 0. The number of thioether (sulfide) groups is 1. The van der Waals surface area contributed by atoms with E-state index in [2.05, 4.69) is 24.5 Å². The lowest BCUT2D eigenvalue weighted by Crippen LogP contribution is -1.98. The summed E-state index contributed by atoms with van der Waals surface area (Å²) in [5, 5.41) is 0.226. The van der Waals surface area contributed by atoms with Gasteiger partial charge in [-0.15, -0.1) is 4.99 Å². The maximum absolute atomic E-state index is 10.6. The Bertz CT molecular complexity index is 217. The minimum absolute atomic E-state index is 0.226. The van der Waals surface area contributed by atoms with Gasteiger partial charge in [0.05, 0.1) is 14.2 Å². The van der Waals surface area contributed by atoms with Crippen LogP contribution in [0.5, 0.6) is 0 Å². The molecule has 0 aromatic carbocycles. The number of amidine groups is 1. The van der Waals surface area contributed by atoms with E-state index in [1.54, 1.807) is 6.26 Å². The van der Waals surface area contributed by atoms with Crippen LogP contribution in [-0.2, 0) is 14.5 Å². The predicted molar refractivity (Wildman–Crippen MR) is 49.9 cm³/mol. The number of hydrogen-bond acceptors (Lipinski definition) is 5. The van der Waals surface area contributed by atoms with Gasteiger partial charge in [-0.1, -0.05) is 11.8 Å². The van der Waals surface area contributed by atoms with Crippen molar-refractivity contribution in [2.24, 2.45) is 9.98 Å². The first-order valence-electron chi connectivity index (χ1n) is 3.17. The van der Waals surface area contributed by atoms with Gasteiger partial charge >= 0.3 is 6.09 Å². The number of rotatable bonds is 2. The van der Waals surface area contributed by atoms with E-state index in [1.807, 2.05) is 0 Å². The summed E-state index contributed by atoms with van der Waals surface area (Å²) >= 11 is 1.18. The lowest BCUT2D eigenvalue weighted by Gasteiger charge is -1.94. The molecule has 0 unspecified atom stereocenters. The lowest BCUT2D eigenvalue weighted by atomic mass is 11.1. The van der Waals surface area contributed by atoms with Crippen LogP contribution in [0.15, 0.2) is 9.98 Å². The molecule has 0 aliphatic heterocycles. The van der Waals surface area contributed by atoms with Crippen LogP contribution < -0.4 is 0 Å². The number of methoxy groups -OCH3 is 1. The first-order valence-corrected chi connectivity index (χ1v) is 4.39. The highest BCUT2D eigenvalue weighted by atomic mass is 32.2. The molecular formula is C6H10N2O4S. The van der Waals surface area contributed by atoms with E-state index >= 15 is 0 Å². The average Bonchev–Trinajstić information content (AvgIpc) is 2.16. The zero-order chi connectivity index (χ0) is 10.1. The van der Waals surface area contributed by atoms with Crippen LogP contribution in [0.1, 0.15) is 0 Å². The zero-order valence-corrected chi connectivity index (χ0v) is 8.33. The molecule has 0 bridgehead atoms. The summed E-state index contributed by atoms with van der Waals surface area (Å²) in [4.78, 5) is 26.4. The lowest BCUT2D eigenvalue weighted by molar-refractivity contribution is -0.187. The Morgan fingerprint density at radius 1 is 1.46 bits per heavy atom. The molecule has 0 aliphatic carbocycles. The molecule has 1 amide bonds. The molecule has 0 rings (SSSR count). The largest absolute Gasteiger partial charge is 0.451 e. The fourth-order valence-corrected chi connectivity index (χ4v) is 0.675. The first kappa shape index (κ1) is 11.9. The molecule has 0 saturated heterocycles. The number of ether oxygens (including phenoxy) is 1. The number of aliphatic imine (C=N–C) groups is 2. The molecule has 7 heteroatoms. The highest BCUT2D eigenvalue weighted by molar-refractivity contribution is 8.13. The maximum Gasteiger partial charge on any atom is 0.435 e. The third kappa shape index (κ3) is 6.12.